The average molecular weight is 383 g/mol. The van der Waals surface area contributed by atoms with E-state index in [9.17, 15) is 4.79 Å². The number of carbonyl (C=O) groups is 1. The third-order valence-corrected chi connectivity index (χ3v) is 4.87. The standard InChI is InChI=1S/C22H29N3O3/c1-22(2,3)19-15-25(14-18(28-19)16-8-5-4-6-9-16)21(26)20-17(27-13-11-23)10-7-12-24-20/h4-10,12,18-19H,11,13-15,23H2,1-3H3/t18-,19+/m0/s1. The molecule has 1 fully saturated rings. The van der Waals surface area contributed by atoms with Gasteiger partial charge in [-0.05, 0) is 23.1 Å². The number of hydrogen-bond donors (Lipinski definition) is 1. The summed E-state index contributed by atoms with van der Waals surface area (Å²) in [6.45, 7) is 8.09. The van der Waals surface area contributed by atoms with Gasteiger partial charge in [-0.3, -0.25) is 4.79 Å². The minimum atomic E-state index is -0.180. The maximum absolute atomic E-state index is 13.3. The molecule has 0 aliphatic carbocycles. The lowest BCUT2D eigenvalue weighted by Crippen LogP contribution is -2.51. The Balaban J connectivity index is 1.88. The van der Waals surface area contributed by atoms with Crippen LogP contribution in [0.25, 0.3) is 0 Å². The summed E-state index contributed by atoms with van der Waals surface area (Å²) in [6.07, 6.45) is 1.34. The molecule has 6 heteroatoms. The third-order valence-electron chi connectivity index (χ3n) is 4.87. The molecule has 1 amide bonds. The molecule has 28 heavy (non-hydrogen) atoms. The molecule has 0 bridgehead atoms. The lowest BCUT2D eigenvalue weighted by Gasteiger charge is -2.43. The van der Waals surface area contributed by atoms with Gasteiger partial charge in [0.1, 0.15) is 12.7 Å². The molecule has 1 aromatic carbocycles. The number of nitrogens with two attached hydrogens (primary N) is 1. The summed E-state index contributed by atoms with van der Waals surface area (Å²) in [5.41, 5.74) is 6.82. The zero-order valence-electron chi connectivity index (χ0n) is 16.8. The first kappa shape index (κ1) is 20.3. The number of aromatic nitrogens is 1. The molecule has 2 N–H and O–H groups in total. The lowest BCUT2D eigenvalue weighted by molar-refractivity contribution is -0.119. The topological polar surface area (TPSA) is 77.7 Å². The van der Waals surface area contributed by atoms with Gasteiger partial charge in [0.25, 0.3) is 5.91 Å². The number of pyridine rings is 1. The molecular formula is C22H29N3O3. The SMILES string of the molecule is CC(C)(C)[C@H]1CN(C(=O)c2ncccc2OCCN)C[C@@H](c2ccccc2)O1. The van der Waals surface area contributed by atoms with Crippen molar-refractivity contribution >= 4 is 5.91 Å². The first-order chi connectivity index (χ1) is 13.4. The van der Waals surface area contributed by atoms with Crippen molar-refractivity contribution in [2.24, 2.45) is 11.1 Å². The number of ether oxygens (including phenoxy) is 2. The third kappa shape index (κ3) is 4.69. The van der Waals surface area contributed by atoms with E-state index in [2.05, 4.69) is 25.8 Å². The Morgan fingerprint density at radius 3 is 2.64 bits per heavy atom. The molecule has 0 saturated carbocycles. The summed E-state index contributed by atoms with van der Waals surface area (Å²) < 4.78 is 12.0. The number of nitrogens with zero attached hydrogens (tertiary/aromatic N) is 2. The molecule has 2 aromatic rings. The number of benzene rings is 1. The van der Waals surface area contributed by atoms with Crippen molar-refractivity contribution in [1.29, 1.82) is 0 Å². The van der Waals surface area contributed by atoms with Gasteiger partial charge in [0.15, 0.2) is 11.4 Å². The molecule has 0 radical (unpaired) electrons. The van der Waals surface area contributed by atoms with Crippen molar-refractivity contribution in [3.63, 3.8) is 0 Å². The van der Waals surface area contributed by atoms with Gasteiger partial charge in [-0.25, -0.2) is 4.98 Å². The average Bonchev–Trinajstić information content (AvgIpc) is 2.71. The van der Waals surface area contributed by atoms with E-state index in [0.717, 1.165) is 5.56 Å². The predicted octanol–water partition coefficient (Wildman–Crippen LogP) is 3.05. The minimum absolute atomic E-state index is 0.0903. The van der Waals surface area contributed by atoms with E-state index in [1.807, 2.05) is 35.2 Å². The van der Waals surface area contributed by atoms with Gasteiger partial charge in [-0.15, -0.1) is 0 Å². The maximum Gasteiger partial charge on any atom is 0.276 e. The molecule has 1 saturated heterocycles. The van der Waals surface area contributed by atoms with Crippen LogP contribution >= 0.6 is 0 Å². The Morgan fingerprint density at radius 2 is 1.96 bits per heavy atom. The van der Waals surface area contributed by atoms with Gasteiger partial charge in [-0.1, -0.05) is 51.1 Å². The van der Waals surface area contributed by atoms with Crippen molar-refractivity contribution in [3.05, 3.63) is 59.9 Å². The van der Waals surface area contributed by atoms with Crippen molar-refractivity contribution in [3.8, 4) is 5.75 Å². The van der Waals surface area contributed by atoms with Crippen LogP contribution in [-0.4, -0.2) is 48.1 Å². The second-order valence-electron chi connectivity index (χ2n) is 8.09. The molecule has 3 rings (SSSR count). The molecular weight excluding hydrogens is 354 g/mol. The lowest BCUT2D eigenvalue weighted by atomic mass is 9.87. The number of carbonyl (C=O) groups excluding carboxylic acids is 1. The molecule has 6 nitrogen and oxygen atoms in total. The highest BCUT2D eigenvalue weighted by Gasteiger charge is 2.38. The van der Waals surface area contributed by atoms with Crippen LogP contribution in [0, 0.1) is 5.41 Å². The quantitative estimate of drug-likeness (QED) is 0.859. The fourth-order valence-electron chi connectivity index (χ4n) is 3.24. The summed E-state index contributed by atoms with van der Waals surface area (Å²) in [7, 11) is 0. The van der Waals surface area contributed by atoms with Crippen LogP contribution in [-0.2, 0) is 4.74 Å². The Kier molecular flexibility index (Phi) is 6.31. The normalized spacial score (nSPS) is 20.1. The number of rotatable bonds is 5. The maximum atomic E-state index is 13.3. The molecule has 2 heterocycles. The molecule has 150 valence electrons. The van der Waals surface area contributed by atoms with Gasteiger partial charge in [0.05, 0.1) is 12.6 Å². The first-order valence-electron chi connectivity index (χ1n) is 9.67. The Labute approximate surface area is 166 Å². The highest BCUT2D eigenvalue weighted by molar-refractivity contribution is 5.95. The molecule has 1 aromatic heterocycles. The summed E-state index contributed by atoms with van der Waals surface area (Å²) in [6, 6.07) is 13.5. The summed E-state index contributed by atoms with van der Waals surface area (Å²) in [4.78, 5) is 19.5. The van der Waals surface area contributed by atoms with E-state index in [4.69, 9.17) is 15.2 Å². The highest BCUT2D eigenvalue weighted by atomic mass is 16.5. The van der Waals surface area contributed by atoms with Crippen molar-refractivity contribution in [2.45, 2.75) is 33.0 Å². The second kappa shape index (κ2) is 8.71. The van der Waals surface area contributed by atoms with Crippen LogP contribution in [0.1, 0.15) is 42.9 Å². The van der Waals surface area contributed by atoms with Crippen LogP contribution < -0.4 is 10.5 Å². The van der Waals surface area contributed by atoms with E-state index >= 15 is 0 Å². The fourth-order valence-corrected chi connectivity index (χ4v) is 3.24. The van der Waals surface area contributed by atoms with E-state index < -0.39 is 0 Å². The summed E-state index contributed by atoms with van der Waals surface area (Å²) in [5, 5.41) is 0. The molecule has 0 unspecified atom stereocenters. The zero-order valence-corrected chi connectivity index (χ0v) is 16.8. The minimum Gasteiger partial charge on any atom is -0.490 e. The van der Waals surface area contributed by atoms with Gasteiger partial charge in [0.2, 0.25) is 0 Å². The van der Waals surface area contributed by atoms with Crippen LogP contribution in [0.4, 0.5) is 0 Å². The van der Waals surface area contributed by atoms with Crippen LogP contribution in [0.3, 0.4) is 0 Å². The Morgan fingerprint density at radius 1 is 1.21 bits per heavy atom. The Bertz CT molecular complexity index is 789. The Hall–Kier alpha value is -2.44. The van der Waals surface area contributed by atoms with Crippen molar-refractivity contribution in [2.75, 3.05) is 26.2 Å². The molecule has 1 aliphatic heterocycles. The predicted molar refractivity (Wildman–Crippen MR) is 108 cm³/mol. The number of morpholine rings is 1. The van der Waals surface area contributed by atoms with Crippen molar-refractivity contribution in [1.82, 2.24) is 9.88 Å². The van der Waals surface area contributed by atoms with E-state index in [1.54, 1.807) is 18.3 Å². The molecule has 1 aliphatic rings. The number of hydrogen-bond acceptors (Lipinski definition) is 5. The highest BCUT2D eigenvalue weighted by Crippen LogP contribution is 2.34. The smallest absolute Gasteiger partial charge is 0.276 e. The van der Waals surface area contributed by atoms with Crippen LogP contribution in [0.2, 0.25) is 0 Å². The summed E-state index contributed by atoms with van der Waals surface area (Å²) >= 11 is 0. The van der Waals surface area contributed by atoms with Gasteiger partial charge in [0, 0.05) is 19.3 Å². The molecule has 2 atom stereocenters. The second-order valence-corrected chi connectivity index (χ2v) is 8.09. The van der Waals surface area contributed by atoms with E-state index in [1.165, 1.54) is 0 Å². The van der Waals surface area contributed by atoms with Crippen LogP contribution in [0.5, 0.6) is 5.75 Å². The van der Waals surface area contributed by atoms with Gasteiger partial charge >= 0.3 is 0 Å². The monoisotopic (exact) mass is 383 g/mol. The first-order valence-corrected chi connectivity index (χ1v) is 9.67. The van der Waals surface area contributed by atoms with Crippen LogP contribution in [0.15, 0.2) is 48.7 Å². The largest absolute Gasteiger partial charge is 0.490 e. The van der Waals surface area contributed by atoms with E-state index in [0.29, 0.717) is 37.7 Å². The van der Waals surface area contributed by atoms with Gasteiger partial charge < -0.3 is 20.1 Å². The number of amides is 1. The summed E-state index contributed by atoms with van der Waals surface area (Å²) in [5.74, 6) is 0.319. The molecule has 0 spiro atoms. The fraction of sp³-hybridized carbons (Fsp3) is 0.455. The zero-order chi connectivity index (χ0) is 20.1. The van der Waals surface area contributed by atoms with Crippen molar-refractivity contribution < 1.29 is 14.3 Å². The van der Waals surface area contributed by atoms with E-state index in [-0.39, 0.29) is 23.5 Å². The van der Waals surface area contributed by atoms with Gasteiger partial charge in [-0.2, -0.15) is 0 Å².